The van der Waals surface area contributed by atoms with E-state index in [9.17, 15) is 13.2 Å². The molecule has 1 aromatic heterocycles. The van der Waals surface area contributed by atoms with Gasteiger partial charge < -0.3 is 9.64 Å². The van der Waals surface area contributed by atoms with E-state index in [1.807, 2.05) is 4.90 Å². The predicted octanol–water partition coefficient (Wildman–Crippen LogP) is 4.55. The van der Waals surface area contributed by atoms with Crippen molar-refractivity contribution in [2.24, 2.45) is 0 Å². The Morgan fingerprint density at radius 2 is 1.72 bits per heavy atom. The zero-order valence-corrected chi connectivity index (χ0v) is 14.0. The van der Waals surface area contributed by atoms with Crippen molar-refractivity contribution in [1.29, 1.82) is 0 Å². The van der Waals surface area contributed by atoms with E-state index in [1.165, 1.54) is 7.11 Å². The first-order valence-electron chi connectivity index (χ1n) is 8.33. The Morgan fingerprint density at radius 3 is 2.36 bits per heavy atom. The number of anilines is 1. The van der Waals surface area contributed by atoms with Crippen LogP contribution < -0.4 is 9.64 Å². The lowest BCUT2D eigenvalue weighted by atomic mass is 10.1. The molecule has 1 aliphatic rings. The first-order chi connectivity index (χ1) is 12.0. The van der Waals surface area contributed by atoms with Crippen molar-refractivity contribution in [3.63, 3.8) is 0 Å². The summed E-state index contributed by atoms with van der Waals surface area (Å²) in [5.74, 6) is 0.718. The molecule has 0 N–H and O–H groups in total. The smallest absolute Gasteiger partial charge is 0.433 e. The van der Waals surface area contributed by atoms with E-state index in [0.29, 0.717) is 24.4 Å². The second kappa shape index (κ2) is 7.29. The van der Waals surface area contributed by atoms with E-state index in [4.69, 9.17) is 4.74 Å². The number of ether oxygens (including phenoxy) is 1. The number of aromatic nitrogens is 2. The Kier molecular flexibility index (Phi) is 5.11. The summed E-state index contributed by atoms with van der Waals surface area (Å²) in [6.45, 7) is 1.36. The Hall–Kier alpha value is -2.31. The fraction of sp³-hybridized carbons (Fsp3) is 0.444. The fourth-order valence-electron chi connectivity index (χ4n) is 2.92. The van der Waals surface area contributed by atoms with Gasteiger partial charge in [0.25, 0.3) is 0 Å². The highest BCUT2D eigenvalue weighted by Crippen LogP contribution is 2.33. The first kappa shape index (κ1) is 17.5. The van der Waals surface area contributed by atoms with Crippen LogP contribution in [0.3, 0.4) is 0 Å². The minimum atomic E-state index is -4.52. The number of hydrogen-bond acceptors (Lipinski definition) is 4. The van der Waals surface area contributed by atoms with Crippen molar-refractivity contribution in [3.05, 3.63) is 36.0 Å². The van der Waals surface area contributed by atoms with Crippen LogP contribution >= 0.6 is 0 Å². The minimum Gasteiger partial charge on any atom is -0.497 e. The summed E-state index contributed by atoms with van der Waals surface area (Å²) < 4.78 is 45.1. The van der Waals surface area contributed by atoms with Gasteiger partial charge in [0.2, 0.25) is 5.95 Å². The van der Waals surface area contributed by atoms with Crippen LogP contribution in [0, 0.1) is 0 Å². The van der Waals surface area contributed by atoms with Gasteiger partial charge in [0.15, 0.2) is 5.69 Å². The van der Waals surface area contributed by atoms with Crippen molar-refractivity contribution < 1.29 is 17.9 Å². The second-order valence-electron chi connectivity index (χ2n) is 6.07. The van der Waals surface area contributed by atoms with Crippen molar-refractivity contribution in [2.75, 3.05) is 25.1 Å². The molecule has 1 fully saturated rings. The zero-order chi connectivity index (χ0) is 17.9. The standard InChI is InChI=1S/C18H20F3N3O/c1-25-14-8-6-7-13(11-14)15-12-16(18(19,20)21)23-17(22-15)24-9-4-2-3-5-10-24/h6-8,11-12H,2-5,9-10H2,1H3. The molecule has 0 unspecified atom stereocenters. The molecule has 0 amide bonds. The molecule has 0 saturated carbocycles. The van der Waals surface area contributed by atoms with Crippen LogP contribution in [-0.4, -0.2) is 30.2 Å². The molecule has 2 aromatic rings. The SMILES string of the molecule is COc1cccc(-c2cc(C(F)(F)F)nc(N3CCCCCC3)n2)c1. The molecule has 0 spiro atoms. The summed E-state index contributed by atoms with van der Waals surface area (Å²) in [5.41, 5.74) is -0.0941. The van der Waals surface area contributed by atoms with Crippen molar-refractivity contribution in [3.8, 4) is 17.0 Å². The lowest BCUT2D eigenvalue weighted by molar-refractivity contribution is -0.141. The van der Waals surface area contributed by atoms with E-state index in [2.05, 4.69) is 9.97 Å². The monoisotopic (exact) mass is 351 g/mol. The summed E-state index contributed by atoms with van der Waals surface area (Å²) in [5, 5.41) is 0. The Labute approximate surface area is 144 Å². The molecular weight excluding hydrogens is 331 g/mol. The number of halogens is 3. The minimum absolute atomic E-state index is 0.148. The molecule has 0 atom stereocenters. The third kappa shape index (κ3) is 4.21. The number of nitrogens with zero attached hydrogens (tertiary/aromatic N) is 3. The number of hydrogen-bond donors (Lipinski definition) is 0. The van der Waals surface area contributed by atoms with E-state index < -0.39 is 11.9 Å². The summed E-state index contributed by atoms with van der Waals surface area (Å²) in [7, 11) is 1.52. The molecule has 2 heterocycles. The van der Waals surface area contributed by atoms with Crippen LogP contribution in [-0.2, 0) is 6.18 Å². The third-order valence-electron chi connectivity index (χ3n) is 4.26. The summed E-state index contributed by atoms with van der Waals surface area (Å²) >= 11 is 0. The van der Waals surface area contributed by atoms with Crippen molar-refractivity contribution in [2.45, 2.75) is 31.9 Å². The van der Waals surface area contributed by atoms with Gasteiger partial charge in [-0.15, -0.1) is 0 Å². The van der Waals surface area contributed by atoms with Crippen molar-refractivity contribution >= 4 is 5.95 Å². The maximum absolute atomic E-state index is 13.3. The quantitative estimate of drug-likeness (QED) is 0.813. The van der Waals surface area contributed by atoms with Gasteiger partial charge in [-0.05, 0) is 31.0 Å². The molecule has 0 radical (unpaired) electrons. The number of rotatable bonds is 3. The molecule has 4 nitrogen and oxygen atoms in total. The maximum atomic E-state index is 13.3. The van der Waals surface area contributed by atoms with Gasteiger partial charge in [-0.3, -0.25) is 0 Å². The van der Waals surface area contributed by atoms with Gasteiger partial charge in [-0.25, -0.2) is 9.97 Å². The largest absolute Gasteiger partial charge is 0.497 e. The van der Waals surface area contributed by atoms with Gasteiger partial charge >= 0.3 is 6.18 Å². The van der Waals surface area contributed by atoms with Gasteiger partial charge in [0, 0.05) is 18.7 Å². The third-order valence-corrected chi connectivity index (χ3v) is 4.26. The lowest BCUT2D eigenvalue weighted by Crippen LogP contribution is -2.27. The average Bonchev–Trinajstić information content (AvgIpc) is 2.90. The lowest BCUT2D eigenvalue weighted by Gasteiger charge is -2.22. The molecule has 1 aromatic carbocycles. The fourth-order valence-corrected chi connectivity index (χ4v) is 2.92. The first-order valence-corrected chi connectivity index (χ1v) is 8.33. The van der Waals surface area contributed by atoms with Gasteiger partial charge in [0.05, 0.1) is 12.8 Å². The highest BCUT2D eigenvalue weighted by Gasteiger charge is 2.34. The number of benzene rings is 1. The van der Waals surface area contributed by atoms with Crippen molar-refractivity contribution in [1.82, 2.24) is 9.97 Å². The highest BCUT2D eigenvalue weighted by molar-refractivity contribution is 5.63. The normalized spacial score (nSPS) is 15.8. The maximum Gasteiger partial charge on any atom is 0.433 e. The predicted molar refractivity (Wildman–Crippen MR) is 89.7 cm³/mol. The van der Waals surface area contributed by atoms with Crippen LogP contribution in [0.5, 0.6) is 5.75 Å². The molecule has 7 heteroatoms. The van der Waals surface area contributed by atoms with Crippen LogP contribution in [0.25, 0.3) is 11.3 Å². The highest BCUT2D eigenvalue weighted by atomic mass is 19.4. The van der Waals surface area contributed by atoms with Gasteiger partial charge in [-0.1, -0.05) is 25.0 Å². The van der Waals surface area contributed by atoms with E-state index in [-0.39, 0.29) is 11.6 Å². The molecule has 1 saturated heterocycles. The topological polar surface area (TPSA) is 38.2 Å². The number of alkyl halides is 3. The Bertz CT molecular complexity index is 726. The summed E-state index contributed by atoms with van der Waals surface area (Å²) in [4.78, 5) is 10.1. The Morgan fingerprint density at radius 1 is 1.00 bits per heavy atom. The molecule has 0 aliphatic carbocycles. The second-order valence-corrected chi connectivity index (χ2v) is 6.07. The van der Waals surface area contributed by atoms with Crippen LogP contribution in [0.2, 0.25) is 0 Å². The van der Waals surface area contributed by atoms with E-state index in [1.54, 1.807) is 24.3 Å². The molecule has 25 heavy (non-hydrogen) atoms. The van der Waals surface area contributed by atoms with Crippen LogP contribution in [0.1, 0.15) is 31.4 Å². The summed E-state index contributed by atoms with van der Waals surface area (Å²) in [6.07, 6.45) is -0.476. The molecule has 0 bridgehead atoms. The average molecular weight is 351 g/mol. The van der Waals surface area contributed by atoms with E-state index in [0.717, 1.165) is 31.7 Å². The molecule has 3 rings (SSSR count). The van der Waals surface area contributed by atoms with E-state index >= 15 is 0 Å². The van der Waals surface area contributed by atoms with Gasteiger partial charge in [0.1, 0.15) is 5.75 Å². The Balaban J connectivity index is 2.06. The number of methoxy groups -OCH3 is 1. The van der Waals surface area contributed by atoms with Crippen LogP contribution in [0.15, 0.2) is 30.3 Å². The van der Waals surface area contributed by atoms with Crippen LogP contribution in [0.4, 0.5) is 19.1 Å². The van der Waals surface area contributed by atoms with Gasteiger partial charge in [-0.2, -0.15) is 13.2 Å². The molecule has 134 valence electrons. The molecule has 1 aliphatic heterocycles. The summed E-state index contributed by atoms with van der Waals surface area (Å²) in [6, 6.07) is 7.86. The molecular formula is C18H20F3N3O. The zero-order valence-electron chi connectivity index (χ0n) is 14.0.